The average Bonchev–Trinajstić information content (AvgIpc) is 3.12. The van der Waals surface area contributed by atoms with Crippen molar-refractivity contribution in [2.45, 2.75) is 13.0 Å². The molecule has 0 bridgehead atoms. The minimum absolute atomic E-state index is 0.245. The van der Waals surface area contributed by atoms with E-state index in [4.69, 9.17) is 0 Å². The largest absolute Gasteiger partial charge is 0.336 e. The van der Waals surface area contributed by atoms with Gasteiger partial charge in [-0.1, -0.05) is 30.3 Å². The maximum absolute atomic E-state index is 12.5. The van der Waals surface area contributed by atoms with Crippen LogP contribution >= 0.6 is 0 Å². The van der Waals surface area contributed by atoms with Gasteiger partial charge in [0.15, 0.2) is 0 Å². The summed E-state index contributed by atoms with van der Waals surface area (Å²) in [5.74, 6) is -0.245. The molecule has 0 spiro atoms. The first-order valence-corrected chi connectivity index (χ1v) is 10.5. The molecule has 0 saturated carbocycles. The average molecular weight is 392 g/mol. The zero-order valence-electron chi connectivity index (χ0n) is 15.2. The summed E-state index contributed by atoms with van der Waals surface area (Å²) in [5, 5.41) is 3.84. The zero-order chi connectivity index (χ0) is 19.4. The number of piperazine rings is 1. The lowest BCUT2D eigenvalue weighted by Crippen LogP contribution is -2.55. The lowest BCUT2D eigenvalue weighted by Gasteiger charge is -2.37. The number of rotatable bonds is 5. The van der Waals surface area contributed by atoms with Gasteiger partial charge in [0.25, 0.3) is 0 Å². The lowest BCUT2D eigenvalue weighted by atomic mass is 10.2. The van der Waals surface area contributed by atoms with Crippen molar-refractivity contribution in [1.29, 1.82) is 0 Å². The number of nitrogens with zero attached hydrogens (tertiary/aromatic N) is 3. The van der Waals surface area contributed by atoms with Crippen LogP contribution in [0.25, 0.3) is 6.08 Å². The van der Waals surface area contributed by atoms with Gasteiger partial charge >= 0.3 is 6.03 Å². The number of carbonyl (C=O) groups is 2. The van der Waals surface area contributed by atoms with Crippen LogP contribution in [0.5, 0.6) is 0 Å². The van der Waals surface area contributed by atoms with Crippen LogP contribution in [0.3, 0.4) is 0 Å². The van der Waals surface area contributed by atoms with Crippen LogP contribution < -0.4 is 5.32 Å². The van der Waals surface area contributed by atoms with Crippen molar-refractivity contribution in [3.8, 4) is 0 Å². The van der Waals surface area contributed by atoms with E-state index in [1.165, 1.54) is 14.6 Å². The number of carbonyl (C=O) groups excluding carboxylic acids is 2. The third kappa shape index (κ3) is 4.55. The Hall–Kier alpha value is -2.23. The van der Waals surface area contributed by atoms with E-state index in [9.17, 15) is 18.0 Å². The monoisotopic (exact) mass is 392 g/mol. The Labute approximate surface area is 159 Å². The number of sulfonamides is 1. The standard InChI is InChI=1S/C18H24N4O4S/c1-15(17(23)22-9-8-19-18(22)24)20-10-12-21(13-11-20)27(25,26)14-7-16-5-3-2-4-6-16/h2-7,14-15H,8-13H2,1H3,(H,19,24)/b14-7+/t15-/m1/s1. The summed E-state index contributed by atoms with van der Waals surface area (Å²) >= 11 is 0. The van der Waals surface area contributed by atoms with E-state index in [2.05, 4.69) is 5.32 Å². The number of nitrogens with one attached hydrogen (secondary N) is 1. The molecule has 2 aliphatic heterocycles. The normalized spacial score (nSPS) is 20.8. The summed E-state index contributed by atoms with van der Waals surface area (Å²) in [6.07, 6.45) is 1.58. The Morgan fingerprint density at radius 1 is 1.11 bits per heavy atom. The van der Waals surface area contributed by atoms with Gasteiger partial charge < -0.3 is 5.32 Å². The smallest absolute Gasteiger partial charge is 0.324 e. The summed E-state index contributed by atoms with van der Waals surface area (Å²) in [5.41, 5.74) is 0.822. The van der Waals surface area contributed by atoms with Crippen LogP contribution in [-0.2, 0) is 14.8 Å². The molecule has 0 aromatic heterocycles. The molecule has 3 amide bonds. The summed E-state index contributed by atoms with van der Waals surface area (Å²) in [4.78, 5) is 27.3. The van der Waals surface area contributed by atoms with Crippen molar-refractivity contribution in [2.75, 3.05) is 39.3 Å². The van der Waals surface area contributed by atoms with Crippen LogP contribution in [0.1, 0.15) is 12.5 Å². The van der Waals surface area contributed by atoms with E-state index in [0.29, 0.717) is 39.3 Å². The quantitative estimate of drug-likeness (QED) is 0.790. The van der Waals surface area contributed by atoms with Crippen molar-refractivity contribution in [2.24, 2.45) is 0 Å². The topological polar surface area (TPSA) is 90.0 Å². The Morgan fingerprint density at radius 3 is 2.37 bits per heavy atom. The van der Waals surface area contributed by atoms with Crippen molar-refractivity contribution in [3.05, 3.63) is 41.3 Å². The van der Waals surface area contributed by atoms with Crippen LogP contribution in [0.2, 0.25) is 0 Å². The van der Waals surface area contributed by atoms with Gasteiger partial charge in [0.05, 0.1) is 6.04 Å². The van der Waals surface area contributed by atoms with Crippen LogP contribution in [0.4, 0.5) is 4.79 Å². The Kier molecular flexibility index (Phi) is 5.93. The second kappa shape index (κ2) is 8.20. The predicted octanol–water partition coefficient (Wildman–Crippen LogP) is 0.545. The molecule has 3 rings (SSSR count). The van der Waals surface area contributed by atoms with Crippen LogP contribution in [-0.4, -0.2) is 79.8 Å². The van der Waals surface area contributed by atoms with Gasteiger partial charge in [-0.25, -0.2) is 13.2 Å². The molecule has 1 N–H and O–H groups in total. The van der Waals surface area contributed by atoms with Gasteiger partial charge in [-0.3, -0.25) is 14.6 Å². The molecule has 1 aromatic rings. The Morgan fingerprint density at radius 2 is 1.78 bits per heavy atom. The number of hydrogen-bond acceptors (Lipinski definition) is 5. The molecule has 2 aliphatic rings. The molecule has 0 radical (unpaired) electrons. The lowest BCUT2D eigenvalue weighted by molar-refractivity contribution is -0.133. The molecule has 2 fully saturated rings. The fraction of sp³-hybridized carbons (Fsp3) is 0.444. The summed E-state index contributed by atoms with van der Waals surface area (Å²) < 4.78 is 26.4. The van der Waals surface area contributed by atoms with E-state index in [1.54, 1.807) is 13.0 Å². The van der Waals surface area contributed by atoms with Crippen LogP contribution in [0, 0.1) is 0 Å². The predicted molar refractivity (Wildman–Crippen MR) is 102 cm³/mol. The van der Waals surface area contributed by atoms with E-state index in [0.717, 1.165) is 5.56 Å². The van der Waals surface area contributed by atoms with Gasteiger partial charge in [-0.05, 0) is 18.6 Å². The van der Waals surface area contributed by atoms with E-state index in [-0.39, 0.29) is 11.9 Å². The second-order valence-electron chi connectivity index (χ2n) is 6.59. The first kappa shape index (κ1) is 19.5. The van der Waals surface area contributed by atoms with Crippen LogP contribution in [0.15, 0.2) is 35.7 Å². The van der Waals surface area contributed by atoms with Crippen molar-refractivity contribution < 1.29 is 18.0 Å². The fourth-order valence-electron chi connectivity index (χ4n) is 3.22. The number of amides is 3. The van der Waals surface area contributed by atoms with Gasteiger partial charge in [-0.2, -0.15) is 4.31 Å². The van der Waals surface area contributed by atoms with E-state index in [1.807, 2.05) is 35.2 Å². The molecule has 1 aromatic carbocycles. The second-order valence-corrected chi connectivity index (χ2v) is 8.41. The number of urea groups is 1. The van der Waals surface area contributed by atoms with Gasteiger partial charge in [-0.15, -0.1) is 0 Å². The number of hydrogen-bond donors (Lipinski definition) is 1. The van der Waals surface area contributed by atoms with Crippen molar-refractivity contribution >= 4 is 28.0 Å². The molecule has 146 valence electrons. The number of imide groups is 1. The summed E-state index contributed by atoms with van der Waals surface area (Å²) in [6.45, 7) is 4.11. The van der Waals surface area contributed by atoms with Gasteiger partial charge in [0, 0.05) is 44.7 Å². The molecule has 1 atom stereocenters. The van der Waals surface area contributed by atoms with Gasteiger partial charge in [0.1, 0.15) is 0 Å². The fourth-order valence-corrected chi connectivity index (χ4v) is 4.40. The van der Waals surface area contributed by atoms with Crippen molar-refractivity contribution in [3.63, 3.8) is 0 Å². The number of benzene rings is 1. The molecule has 8 nitrogen and oxygen atoms in total. The van der Waals surface area contributed by atoms with Gasteiger partial charge in [0.2, 0.25) is 15.9 Å². The molecular formula is C18H24N4O4S. The Balaban J connectivity index is 1.57. The minimum atomic E-state index is -3.51. The summed E-state index contributed by atoms with van der Waals surface area (Å²) in [7, 11) is -3.51. The molecule has 27 heavy (non-hydrogen) atoms. The molecule has 2 heterocycles. The highest BCUT2D eigenvalue weighted by molar-refractivity contribution is 7.92. The molecule has 9 heteroatoms. The zero-order valence-corrected chi connectivity index (χ0v) is 16.1. The maximum Gasteiger partial charge on any atom is 0.324 e. The molecule has 2 saturated heterocycles. The third-order valence-electron chi connectivity index (χ3n) is 4.89. The highest BCUT2D eigenvalue weighted by Crippen LogP contribution is 2.15. The highest BCUT2D eigenvalue weighted by Gasteiger charge is 2.35. The third-order valence-corrected chi connectivity index (χ3v) is 6.46. The first-order chi connectivity index (χ1) is 12.9. The van der Waals surface area contributed by atoms with Crippen molar-refractivity contribution in [1.82, 2.24) is 19.4 Å². The summed E-state index contributed by atoms with van der Waals surface area (Å²) in [6, 6.07) is 8.43. The Bertz CT molecular complexity index is 817. The van der Waals surface area contributed by atoms with E-state index >= 15 is 0 Å². The van der Waals surface area contributed by atoms with E-state index < -0.39 is 16.1 Å². The molecular weight excluding hydrogens is 368 g/mol. The highest BCUT2D eigenvalue weighted by atomic mass is 32.2. The molecule has 0 aliphatic carbocycles. The maximum atomic E-state index is 12.5. The SMILES string of the molecule is C[C@H](C(=O)N1CCNC1=O)N1CCN(S(=O)(=O)/C=C/c2ccccc2)CC1. The molecule has 0 unspecified atom stereocenters. The minimum Gasteiger partial charge on any atom is -0.336 e. The first-order valence-electron chi connectivity index (χ1n) is 8.95.